The highest BCUT2D eigenvalue weighted by atomic mass is 19.4. The third kappa shape index (κ3) is 2.46. The number of hydrogen-bond acceptors (Lipinski definition) is 1. The van der Waals surface area contributed by atoms with Crippen molar-refractivity contribution in [2.24, 2.45) is 17.8 Å². The van der Waals surface area contributed by atoms with E-state index < -0.39 is 11.7 Å². The minimum atomic E-state index is -4.26. The van der Waals surface area contributed by atoms with Gasteiger partial charge in [-0.15, -0.1) is 0 Å². The van der Waals surface area contributed by atoms with Crippen molar-refractivity contribution >= 4 is 0 Å². The minimum Gasteiger partial charge on any atom is -0.313 e. The SMILES string of the molecule is CNC(c1cccc(C(F)(F)F)c1)C1C2CCCCC21. The van der Waals surface area contributed by atoms with Gasteiger partial charge in [-0.25, -0.2) is 0 Å². The van der Waals surface area contributed by atoms with Gasteiger partial charge in [-0.05, 0) is 55.3 Å². The van der Waals surface area contributed by atoms with Crippen molar-refractivity contribution < 1.29 is 13.2 Å². The average molecular weight is 283 g/mol. The predicted molar refractivity (Wildman–Crippen MR) is 72.2 cm³/mol. The van der Waals surface area contributed by atoms with Gasteiger partial charge in [0, 0.05) is 6.04 Å². The molecule has 4 heteroatoms. The minimum absolute atomic E-state index is 0.0606. The summed E-state index contributed by atoms with van der Waals surface area (Å²) < 4.78 is 38.5. The summed E-state index contributed by atoms with van der Waals surface area (Å²) in [5.41, 5.74) is 0.237. The zero-order valence-electron chi connectivity index (χ0n) is 11.6. The van der Waals surface area contributed by atoms with Crippen LogP contribution >= 0.6 is 0 Å². The molecule has 1 aromatic carbocycles. The average Bonchev–Trinajstić information content (AvgIpc) is 3.14. The number of benzene rings is 1. The highest BCUT2D eigenvalue weighted by Crippen LogP contribution is 2.60. The Morgan fingerprint density at radius 2 is 1.80 bits per heavy atom. The van der Waals surface area contributed by atoms with Crippen LogP contribution in [0.2, 0.25) is 0 Å². The van der Waals surface area contributed by atoms with Crippen molar-refractivity contribution in [3.8, 4) is 0 Å². The second-order valence-electron chi connectivity index (χ2n) is 6.08. The van der Waals surface area contributed by atoms with E-state index in [2.05, 4.69) is 5.32 Å². The van der Waals surface area contributed by atoms with Crippen molar-refractivity contribution in [2.75, 3.05) is 7.05 Å². The van der Waals surface area contributed by atoms with E-state index in [4.69, 9.17) is 0 Å². The van der Waals surface area contributed by atoms with Crippen LogP contribution in [0, 0.1) is 17.8 Å². The van der Waals surface area contributed by atoms with Gasteiger partial charge in [0.1, 0.15) is 0 Å². The Kier molecular flexibility index (Phi) is 3.53. The van der Waals surface area contributed by atoms with E-state index in [1.807, 2.05) is 13.1 Å². The lowest BCUT2D eigenvalue weighted by atomic mass is 9.98. The molecule has 2 fully saturated rings. The van der Waals surface area contributed by atoms with Crippen molar-refractivity contribution in [2.45, 2.75) is 37.9 Å². The topological polar surface area (TPSA) is 12.0 Å². The molecule has 2 aliphatic carbocycles. The first-order valence-corrected chi connectivity index (χ1v) is 7.37. The third-order valence-corrected chi connectivity index (χ3v) is 4.99. The molecule has 0 amide bonds. The van der Waals surface area contributed by atoms with E-state index in [0.717, 1.165) is 23.5 Å². The molecular weight excluding hydrogens is 263 g/mol. The van der Waals surface area contributed by atoms with Crippen LogP contribution in [0.3, 0.4) is 0 Å². The lowest BCUT2D eigenvalue weighted by Gasteiger charge is -2.18. The molecule has 3 unspecified atom stereocenters. The molecule has 0 saturated heterocycles. The molecule has 3 rings (SSSR count). The zero-order valence-corrected chi connectivity index (χ0v) is 11.6. The summed E-state index contributed by atoms with van der Waals surface area (Å²) in [6.07, 6.45) is 0.775. The molecule has 3 atom stereocenters. The number of rotatable bonds is 3. The molecule has 0 aliphatic heterocycles. The van der Waals surface area contributed by atoms with Crippen molar-refractivity contribution in [1.29, 1.82) is 0 Å². The van der Waals surface area contributed by atoms with Gasteiger partial charge in [0.15, 0.2) is 0 Å². The third-order valence-electron chi connectivity index (χ3n) is 4.99. The van der Waals surface area contributed by atoms with E-state index in [1.54, 1.807) is 0 Å². The van der Waals surface area contributed by atoms with Gasteiger partial charge < -0.3 is 5.32 Å². The summed E-state index contributed by atoms with van der Waals surface area (Å²) in [5, 5.41) is 3.25. The first-order valence-electron chi connectivity index (χ1n) is 7.37. The van der Waals surface area contributed by atoms with Crippen LogP contribution in [-0.2, 0) is 6.18 Å². The van der Waals surface area contributed by atoms with Crippen LogP contribution < -0.4 is 5.32 Å². The number of hydrogen-bond donors (Lipinski definition) is 1. The van der Waals surface area contributed by atoms with Gasteiger partial charge in [-0.2, -0.15) is 13.2 Å². The molecule has 2 saturated carbocycles. The lowest BCUT2D eigenvalue weighted by Crippen LogP contribution is -2.20. The first kappa shape index (κ1) is 13.9. The van der Waals surface area contributed by atoms with Crippen molar-refractivity contribution in [3.63, 3.8) is 0 Å². The molecule has 1 N–H and O–H groups in total. The van der Waals surface area contributed by atoms with Crippen LogP contribution in [-0.4, -0.2) is 7.05 Å². The van der Waals surface area contributed by atoms with Gasteiger partial charge in [0.05, 0.1) is 5.56 Å². The molecule has 0 aromatic heterocycles. The summed E-state index contributed by atoms with van der Waals surface area (Å²) in [5.74, 6) is 1.96. The van der Waals surface area contributed by atoms with Gasteiger partial charge in [0.25, 0.3) is 0 Å². The standard InChI is InChI=1S/C16H20F3N/c1-20-15(14-12-7-2-3-8-13(12)14)10-5-4-6-11(9-10)16(17,18)19/h4-6,9,12-15,20H,2-3,7-8H2,1H3. The Hall–Kier alpha value is -1.03. The van der Waals surface area contributed by atoms with E-state index in [0.29, 0.717) is 5.92 Å². The van der Waals surface area contributed by atoms with Crippen molar-refractivity contribution in [1.82, 2.24) is 5.32 Å². The maximum absolute atomic E-state index is 12.8. The molecule has 1 aromatic rings. The Bertz CT molecular complexity index is 471. The highest BCUT2D eigenvalue weighted by molar-refractivity contribution is 5.30. The fourth-order valence-electron chi connectivity index (χ4n) is 4.03. The van der Waals surface area contributed by atoms with Crippen LogP contribution in [0.25, 0.3) is 0 Å². The molecule has 20 heavy (non-hydrogen) atoms. The van der Waals surface area contributed by atoms with Crippen LogP contribution in [0.5, 0.6) is 0 Å². The smallest absolute Gasteiger partial charge is 0.313 e. The summed E-state index contributed by atoms with van der Waals surface area (Å²) in [6, 6.07) is 5.86. The fraction of sp³-hybridized carbons (Fsp3) is 0.625. The number of alkyl halides is 3. The maximum Gasteiger partial charge on any atom is 0.416 e. The molecule has 0 bridgehead atoms. The number of halogens is 3. The monoisotopic (exact) mass is 283 g/mol. The Morgan fingerprint density at radius 1 is 1.15 bits per heavy atom. The van der Waals surface area contributed by atoms with Crippen LogP contribution in [0.1, 0.15) is 42.9 Å². The Morgan fingerprint density at radius 3 is 2.35 bits per heavy atom. The normalized spacial score (nSPS) is 30.7. The largest absolute Gasteiger partial charge is 0.416 e. The molecule has 0 spiro atoms. The van der Waals surface area contributed by atoms with Crippen LogP contribution in [0.4, 0.5) is 13.2 Å². The second kappa shape index (κ2) is 5.06. The Labute approximate surface area is 117 Å². The van der Waals surface area contributed by atoms with E-state index in [9.17, 15) is 13.2 Å². The summed E-state index contributed by atoms with van der Waals surface area (Å²) >= 11 is 0. The second-order valence-corrected chi connectivity index (χ2v) is 6.08. The lowest BCUT2D eigenvalue weighted by molar-refractivity contribution is -0.137. The Balaban J connectivity index is 1.83. The van der Waals surface area contributed by atoms with Gasteiger partial charge in [0.2, 0.25) is 0 Å². The number of nitrogens with one attached hydrogen (secondary N) is 1. The molecule has 0 radical (unpaired) electrons. The molecular formula is C16H20F3N. The molecule has 0 heterocycles. The summed E-state index contributed by atoms with van der Waals surface area (Å²) in [4.78, 5) is 0. The highest BCUT2D eigenvalue weighted by Gasteiger charge is 2.54. The van der Waals surface area contributed by atoms with Crippen LogP contribution in [0.15, 0.2) is 24.3 Å². The zero-order chi connectivity index (χ0) is 14.3. The quantitative estimate of drug-likeness (QED) is 0.867. The van der Waals surface area contributed by atoms with E-state index >= 15 is 0 Å². The predicted octanol–water partition coefficient (Wildman–Crippen LogP) is 4.40. The van der Waals surface area contributed by atoms with Gasteiger partial charge in [-0.1, -0.05) is 25.0 Å². The first-order chi connectivity index (χ1) is 9.52. The van der Waals surface area contributed by atoms with E-state index in [-0.39, 0.29) is 6.04 Å². The molecule has 2 aliphatic rings. The number of fused-ring (bicyclic) bond motifs is 1. The molecule has 110 valence electrons. The van der Waals surface area contributed by atoms with Crippen molar-refractivity contribution in [3.05, 3.63) is 35.4 Å². The maximum atomic E-state index is 12.8. The summed E-state index contributed by atoms with van der Waals surface area (Å²) in [7, 11) is 1.86. The van der Waals surface area contributed by atoms with E-state index in [1.165, 1.54) is 37.8 Å². The molecule has 1 nitrogen and oxygen atoms in total. The van der Waals surface area contributed by atoms with Gasteiger partial charge >= 0.3 is 6.18 Å². The fourth-order valence-corrected chi connectivity index (χ4v) is 4.03. The van der Waals surface area contributed by atoms with Gasteiger partial charge in [-0.3, -0.25) is 0 Å². The summed E-state index contributed by atoms with van der Waals surface area (Å²) in [6.45, 7) is 0.